The third kappa shape index (κ3) is 4.86. The Morgan fingerprint density at radius 1 is 0.879 bits per heavy atom. The molecule has 0 bridgehead atoms. The number of nitrogens with one attached hydrogen (secondary N) is 1. The van der Waals surface area contributed by atoms with Crippen LogP contribution in [0.5, 0.6) is 0 Å². The van der Waals surface area contributed by atoms with Crippen molar-refractivity contribution in [1.82, 2.24) is 14.9 Å². The van der Waals surface area contributed by atoms with E-state index in [9.17, 15) is 9.59 Å². The van der Waals surface area contributed by atoms with Gasteiger partial charge in [0.15, 0.2) is 10.9 Å². The number of imidazole rings is 1. The van der Waals surface area contributed by atoms with Crippen molar-refractivity contribution in [2.75, 3.05) is 13.1 Å². The lowest BCUT2D eigenvalue weighted by Crippen LogP contribution is -2.40. The summed E-state index contributed by atoms with van der Waals surface area (Å²) in [7, 11) is 0. The van der Waals surface area contributed by atoms with Gasteiger partial charge in [-0.05, 0) is 42.7 Å². The van der Waals surface area contributed by atoms with E-state index in [1.807, 2.05) is 83.8 Å². The van der Waals surface area contributed by atoms with Gasteiger partial charge in [0.1, 0.15) is 0 Å². The average Bonchev–Trinajstić information content (AvgIpc) is 3.31. The van der Waals surface area contributed by atoms with Crippen LogP contribution in [0.15, 0.2) is 84.0 Å². The second kappa shape index (κ2) is 9.63. The number of amides is 1. The minimum absolute atomic E-state index is 0.00546. The van der Waals surface area contributed by atoms with E-state index in [0.29, 0.717) is 31.5 Å². The molecule has 0 unspecified atom stereocenters. The zero-order valence-electron chi connectivity index (χ0n) is 18.2. The molecule has 6 heteroatoms. The molecule has 1 aliphatic heterocycles. The first-order valence-corrected chi connectivity index (χ1v) is 12.2. The number of aromatic nitrogens is 2. The Morgan fingerprint density at radius 2 is 1.58 bits per heavy atom. The van der Waals surface area contributed by atoms with Gasteiger partial charge in [-0.1, -0.05) is 66.4 Å². The molecule has 0 aliphatic carbocycles. The lowest BCUT2D eigenvalue weighted by atomic mass is 9.88. The Morgan fingerprint density at radius 3 is 2.30 bits per heavy atom. The number of fused-ring (bicyclic) bond motifs is 1. The summed E-state index contributed by atoms with van der Waals surface area (Å²) in [5.74, 6) is 1.00. The van der Waals surface area contributed by atoms with Crippen molar-refractivity contribution in [1.29, 1.82) is 0 Å². The maximum absolute atomic E-state index is 13.0. The van der Waals surface area contributed by atoms with Gasteiger partial charge in [-0.15, -0.1) is 0 Å². The van der Waals surface area contributed by atoms with Gasteiger partial charge in [0.05, 0.1) is 11.0 Å². The molecule has 33 heavy (non-hydrogen) atoms. The number of H-pyrrole nitrogens is 1. The molecular weight excluding hydrogens is 430 g/mol. The number of para-hydroxylation sites is 2. The standard InChI is InChI=1S/C27H25N3O2S/c31-25(20-6-2-1-3-7-20)21-14-16-30(17-15-21)26(32)22-12-10-19(11-13-22)18-33-27-28-23-8-4-5-9-24(23)29-27/h1-13,21H,14-18H2,(H,28,29). The van der Waals surface area contributed by atoms with E-state index in [2.05, 4.69) is 9.97 Å². The summed E-state index contributed by atoms with van der Waals surface area (Å²) >= 11 is 1.65. The molecule has 1 N–H and O–H groups in total. The predicted molar refractivity (Wildman–Crippen MR) is 131 cm³/mol. The number of carbonyl (C=O) groups is 2. The van der Waals surface area contributed by atoms with E-state index in [4.69, 9.17) is 0 Å². The first kappa shape index (κ1) is 21.5. The fourth-order valence-corrected chi connectivity index (χ4v) is 5.10. The van der Waals surface area contributed by atoms with E-state index in [-0.39, 0.29) is 17.6 Å². The van der Waals surface area contributed by atoms with Crippen LogP contribution in [-0.4, -0.2) is 39.6 Å². The summed E-state index contributed by atoms with van der Waals surface area (Å²) < 4.78 is 0. The van der Waals surface area contributed by atoms with Crippen molar-refractivity contribution in [3.05, 3.63) is 95.6 Å². The number of ketones is 1. The molecule has 5 nitrogen and oxygen atoms in total. The Hall–Kier alpha value is -3.38. The van der Waals surface area contributed by atoms with E-state index >= 15 is 0 Å². The third-order valence-corrected chi connectivity index (χ3v) is 7.10. The topological polar surface area (TPSA) is 66.1 Å². The van der Waals surface area contributed by atoms with Gasteiger partial charge < -0.3 is 9.88 Å². The molecule has 5 rings (SSSR count). The number of nitrogens with zero attached hydrogens (tertiary/aromatic N) is 2. The smallest absolute Gasteiger partial charge is 0.253 e. The summed E-state index contributed by atoms with van der Waals surface area (Å²) in [6.45, 7) is 1.23. The number of Topliss-reactive ketones (excluding diaryl/α,β-unsaturated/α-hetero) is 1. The van der Waals surface area contributed by atoms with Crippen LogP contribution < -0.4 is 0 Å². The van der Waals surface area contributed by atoms with Gasteiger partial charge >= 0.3 is 0 Å². The maximum atomic E-state index is 13.0. The first-order valence-electron chi connectivity index (χ1n) is 11.2. The molecule has 1 fully saturated rings. The Balaban J connectivity index is 1.15. The summed E-state index contributed by atoms with van der Waals surface area (Å²) in [6, 6.07) is 25.3. The third-order valence-electron chi connectivity index (χ3n) is 6.16. The number of aromatic amines is 1. The summed E-state index contributed by atoms with van der Waals surface area (Å²) in [4.78, 5) is 35.4. The quantitative estimate of drug-likeness (QED) is 0.304. The Labute approximate surface area is 197 Å². The van der Waals surface area contributed by atoms with Crippen molar-refractivity contribution < 1.29 is 9.59 Å². The van der Waals surface area contributed by atoms with Crippen LogP contribution in [-0.2, 0) is 5.75 Å². The fraction of sp³-hybridized carbons (Fsp3) is 0.222. The van der Waals surface area contributed by atoms with Crippen LogP contribution >= 0.6 is 11.8 Å². The average molecular weight is 456 g/mol. The molecule has 1 aromatic heterocycles. The number of thioether (sulfide) groups is 1. The highest BCUT2D eigenvalue weighted by atomic mass is 32.2. The van der Waals surface area contributed by atoms with Crippen LogP contribution in [0.4, 0.5) is 0 Å². The normalized spacial score (nSPS) is 14.5. The molecule has 1 aliphatic rings. The zero-order chi connectivity index (χ0) is 22.6. The predicted octanol–water partition coefficient (Wildman–Crippen LogP) is 5.59. The fourth-order valence-electron chi connectivity index (χ4n) is 4.26. The van der Waals surface area contributed by atoms with Crippen molar-refractivity contribution in [2.45, 2.75) is 23.8 Å². The largest absolute Gasteiger partial charge is 0.339 e. The van der Waals surface area contributed by atoms with Crippen molar-refractivity contribution in [3.63, 3.8) is 0 Å². The molecule has 1 amide bonds. The highest BCUT2D eigenvalue weighted by Gasteiger charge is 2.28. The van der Waals surface area contributed by atoms with Crippen LogP contribution in [0.1, 0.15) is 39.1 Å². The minimum atomic E-state index is -0.00546. The van der Waals surface area contributed by atoms with Gasteiger partial charge in [0.25, 0.3) is 5.91 Å². The van der Waals surface area contributed by atoms with E-state index < -0.39 is 0 Å². The highest BCUT2D eigenvalue weighted by Crippen LogP contribution is 2.25. The van der Waals surface area contributed by atoms with Crippen LogP contribution in [0, 0.1) is 5.92 Å². The van der Waals surface area contributed by atoms with E-state index in [0.717, 1.165) is 33.1 Å². The number of likely N-dealkylation sites (tertiary alicyclic amines) is 1. The van der Waals surface area contributed by atoms with Crippen LogP contribution in [0.2, 0.25) is 0 Å². The summed E-state index contributed by atoms with van der Waals surface area (Å²) in [5, 5.41) is 0.893. The van der Waals surface area contributed by atoms with Crippen molar-refractivity contribution >= 4 is 34.5 Å². The Bertz CT molecular complexity index is 1230. The zero-order valence-corrected chi connectivity index (χ0v) is 19.1. The molecule has 0 spiro atoms. The number of rotatable bonds is 6. The van der Waals surface area contributed by atoms with E-state index in [1.165, 1.54) is 0 Å². The summed E-state index contributed by atoms with van der Waals surface area (Å²) in [6.07, 6.45) is 1.43. The number of carbonyl (C=O) groups excluding carboxylic acids is 2. The number of hydrogen-bond acceptors (Lipinski definition) is 4. The molecule has 1 saturated heterocycles. The second-order valence-corrected chi connectivity index (χ2v) is 9.31. The van der Waals surface area contributed by atoms with Crippen LogP contribution in [0.25, 0.3) is 11.0 Å². The molecule has 2 heterocycles. The number of hydrogen-bond donors (Lipinski definition) is 1. The van der Waals surface area contributed by atoms with Gasteiger partial charge in [-0.2, -0.15) is 0 Å². The second-order valence-electron chi connectivity index (χ2n) is 8.34. The number of piperidine rings is 1. The Kier molecular flexibility index (Phi) is 6.26. The van der Waals surface area contributed by atoms with Crippen LogP contribution in [0.3, 0.4) is 0 Å². The molecule has 4 aromatic rings. The minimum Gasteiger partial charge on any atom is -0.339 e. The monoisotopic (exact) mass is 455 g/mol. The number of benzene rings is 3. The molecule has 3 aromatic carbocycles. The first-order chi connectivity index (χ1) is 16.2. The van der Waals surface area contributed by atoms with Crippen molar-refractivity contribution in [2.24, 2.45) is 5.92 Å². The maximum Gasteiger partial charge on any atom is 0.253 e. The van der Waals surface area contributed by atoms with E-state index in [1.54, 1.807) is 11.8 Å². The van der Waals surface area contributed by atoms with Crippen molar-refractivity contribution in [3.8, 4) is 0 Å². The van der Waals surface area contributed by atoms with Gasteiger partial charge in [0, 0.05) is 35.9 Å². The highest BCUT2D eigenvalue weighted by molar-refractivity contribution is 7.98. The molecule has 0 radical (unpaired) electrons. The van der Waals surface area contributed by atoms with Gasteiger partial charge in [-0.25, -0.2) is 4.98 Å². The lowest BCUT2D eigenvalue weighted by Gasteiger charge is -2.31. The summed E-state index contributed by atoms with van der Waals surface area (Å²) in [5.41, 5.74) is 4.60. The molecular formula is C27H25N3O2S. The lowest BCUT2D eigenvalue weighted by molar-refractivity contribution is 0.0650. The molecule has 166 valence electrons. The van der Waals surface area contributed by atoms with Gasteiger partial charge in [-0.3, -0.25) is 9.59 Å². The molecule has 0 atom stereocenters. The SMILES string of the molecule is O=C(c1ccccc1)C1CCN(C(=O)c2ccc(CSc3nc4ccccc4[nH]3)cc2)CC1. The van der Waals surface area contributed by atoms with Gasteiger partial charge in [0.2, 0.25) is 0 Å². The molecule has 0 saturated carbocycles.